The molecule has 1 saturated heterocycles. The summed E-state index contributed by atoms with van der Waals surface area (Å²) in [5.74, 6) is -0.290. The van der Waals surface area contributed by atoms with Gasteiger partial charge in [-0.25, -0.2) is 9.37 Å². The van der Waals surface area contributed by atoms with Crippen LogP contribution >= 0.6 is 0 Å². The Balaban J connectivity index is 1.46. The molecule has 0 unspecified atom stereocenters. The van der Waals surface area contributed by atoms with E-state index in [4.69, 9.17) is 9.72 Å². The molecule has 0 saturated carbocycles. The fraction of sp³-hybridized carbons (Fsp3) is 0.346. The molecule has 33 heavy (non-hydrogen) atoms. The van der Waals surface area contributed by atoms with Crippen molar-refractivity contribution in [1.82, 2.24) is 14.8 Å². The van der Waals surface area contributed by atoms with E-state index in [-0.39, 0.29) is 17.6 Å². The fourth-order valence-electron chi connectivity index (χ4n) is 4.09. The number of para-hydroxylation sites is 1. The number of amides is 2. The first-order valence-electron chi connectivity index (χ1n) is 11.2. The summed E-state index contributed by atoms with van der Waals surface area (Å²) in [6.07, 6.45) is 1.45. The van der Waals surface area contributed by atoms with Gasteiger partial charge in [-0.3, -0.25) is 9.59 Å². The first kappa shape index (κ1) is 22.9. The van der Waals surface area contributed by atoms with Crippen LogP contribution in [0.5, 0.6) is 0 Å². The zero-order chi connectivity index (χ0) is 23.4. The molecular formula is C26H28FN3O3. The van der Waals surface area contributed by atoms with Crippen LogP contribution in [0.15, 0.2) is 54.6 Å². The van der Waals surface area contributed by atoms with Gasteiger partial charge >= 0.3 is 0 Å². The number of nitrogens with zero attached hydrogens (tertiary/aromatic N) is 3. The topological polar surface area (TPSA) is 62.7 Å². The molecular weight excluding hydrogens is 421 g/mol. The number of carbonyl (C=O) groups is 2. The Bertz CT molecular complexity index is 1150. The van der Waals surface area contributed by atoms with Crippen LogP contribution in [0.3, 0.4) is 0 Å². The molecule has 0 spiro atoms. The minimum atomic E-state index is -0.391. The van der Waals surface area contributed by atoms with Crippen LogP contribution in [0.4, 0.5) is 4.39 Å². The van der Waals surface area contributed by atoms with E-state index in [1.807, 2.05) is 29.2 Å². The van der Waals surface area contributed by atoms with Crippen LogP contribution in [0, 0.1) is 5.82 Å². The SMILES string of the molecule is CN(C)C(=O)c1cc([C@@H]2CN(C(=O)CCCc3ccc(F)cc3)CCO2)nc2ccccc12. The molecule has 7 heteroatoms. The lowest BCUT2D eigenvalue weighted by molar-refractivity contribution is -0.139. The highest BCUT2D eigenvalue weighted by Gasteiger charge is 2.27. The third-order valence-electron chi connectivity index (χ3n) is 5.89. The molecule has 2 amide bonds. The summed E-state index contributed by atoms with van der Waals surface area (Å²) < 4.78 is 19.0. The lowest BCUT2D eigenvalue weighted by Crippen LogP contribution is -2.42. The first-order valence-corrected chi connectivity index (χ1v) is 11.2. The minimum absolute atomic E-state index is 0.0655. The molecule has 0 radical (unpaired) electrons. The molecule has 1 fully saturated rings. The number of pyridine rings is 1. The maximum Gasteiger partial charge on any atom is 0.254 e. The fourth-order valence-corrected chi connectivity index (χ4v) is 4.09. The van der Waals surface area contributed by atoms with E-state index < -0.39 is 6.10 Å². The van der Waals surface area contributed by atoms with Crippen molar-refractivity contribution in [3.63, 3.8) is 0 Å². The number of fused-ring (bicyclic) bond motifs is 1. The van der Waals surface area contributed by atoms with Crippen molar-refractivity contribution in [2.45, 2.75) is 25.4 Å². The van der Waals surface area contributed by atoms with Gasteiger partial charge in [0.2, 0.25) is 5.91 Å². The Morgan fingerprint density at radius 1 is 1.15 bits per heavy atom. The van der Waals surface area contributed by atoms with Crippen LogP contribution in [-0.2, 0) is 16.0 Å². The van der Waals surface area contributed by atoms with Gasteiger partial charge in [0.15, 0.2) is 0 Å². The Labute approximate surface area is 193 Å². The second-order valence-corrected chi connectivity index (χ2v) is 8.49. The Morgan fingerprint density at radius 3 is 2.67 bits per heavy atom. The number of rotatable bonds is 6. The summed E-state index contributed by atoms with van der Waals surface area (Å²) >= 11 is 0. The van der Waals surface area contributed by atoms with Gasteiger partial charge in [-0.1, -0.05) is 30.3 Å². The van der Waals surface area contributed by atoms with E-state index in [1.165, 1.54) is 12.1 Å². The molecule has 1 atom stereocenters. The van der Waals surface area contributed by atoms with Crippen molar-refractivity contribution in [1.29, 1.82) is 0 Å². The largest absolute Gasteiger partial charge is 0.368 e. The van der Waals surface area contributed by atoms with Gasteiger partial charge in [0.05, 0.1) is 29.9 Å². The van der Waals surface area contributed by atoms with E-state index in [0.717, 1.165) is 22.9 Å². The van der Waals surface area contributed by atoms with Gasteiger partial charge in [-0.05, 0) is 42.7 Å². The van der Waals surface area contributed by atoms with E-state index in [1.54, 1.807) is 37.2 Å². The predicted octanol–water partition coefficient (Wildman–Crippen LogP) is 4.00. The highest BCUT2D eigenvalue weighted by Crippen LogP contribution is 2.27. The molecule has 2 aromatic carbocycles. The molecule has 0 bridgehead atoms. The molecule has 2 heterocycles. The van der Waals surface area contributed by atoms with E-state index >= 15 is 0 Å². The van der Waals surface area contributed by atoms with Crippen LogP contribution in [0.2, 0.25) is 0 Å². The number of aryl methyl sites for hydroxylation is 1. The summed E-state index contributed by atoms with van der Waals surface area (Å²) in [7, 11) is 3.45. The van der Waals surface area contributed by atoms with E-state index in [9.17, 15) is 14.0 Å². The van der Waals surface area contributed by atoms with Gasteiger partial charge in [0, 0.05) is 32.4 Å². The Kier molecular flexibility index (Phi) is 6.99. The third kappa shape index (κ3) is 5.37. The molecule has 0 aliphatic carbocycles. The quantitative estimate of drug-likeness (QED) is 0.571. The number of hydrogen-bond acceptors (Lipinski definition) is 4. The van der Waals surface area contributed by atoms with Crippen LogP contribution in [0.1, 0.15) is 40.6 Å². The molecule has 3 aromatic rings. The Morgan fingerprint density at radius 2 is 1.91 bits per heavy atom. The van der Waals surface area contributed by atoms with Crippen molar-refractivity contribution >= 4 is 22.7 Å². The first-order chi connectivity index (χ1) is 15.9. The van der Waals surface area contributed by atoms with Gasteiger partial charge in [0.1, 0.15) is 11.9 Å². The van der Waals surface area contributed by atoms with Crippen molar-refractivity contribution in [3.05, 3.63) is 77.2 Å². The molecule has 1 aromatic heterocycles. The number of carbonyl (C=O) groups excluding carboxylic acids is 2. The molecule has 1 aliphatic rings. The van der Waals surface area contributed by atoms with Gasteiger partial charge < -0.3 is 14.5 Å². The highest BCUT2D eigenvalue weighted by molar-refractivity contribution is 6.06. The monoisotopic (exact) mass is 449 g/mol. The summed E-state index contributed by atoms with van der Waals surface area (Å²) in [5, 5.41) is 0.796. The van der Waals surface area contributed by atoms with E-state index in [0.29, 0.717) is 43.8 Å². The summed E-state index contributed by atoms with van der Waals surface area (Å²) in [6, 6.07) is 15.7. The summed E-state index contributed by atoms with van der Waals surface area (Å²) in [4.78, 5) is 33.7. The van der Waals surface area contributed by atoms with Gasteiger partial charge in [-0.2, -0.15) is 0 Å². The second-order valence-electron chi connectivity index (χ2n) is 8.49. The number of morpholine rings is 1. The summed E-state index contributed by atoms with van der Waals surface area (Å²) in [5.41, 5.74) is 2.98. The zero-order valence-corrected chi connectivity index (χ0v) is 19.0. The van der Waals surface area contributed by atoms with E-state index in [2.05, 4.69) is 0 Å². The minimum Gasteiger partial charge on any atom is -0.368 e. The van der Waals surface area contributed by atoms with Crippen molar-refractivity contribution in [2.75, 3.05) is 33.8 Å². The van der Waals surface area contributed by atoms with Gasteiger partial charge in [0.25, 0.3) is 5.91 Å². The molecule has 1 aliphatic heterocycles. The average molecular weight is 450 g/mol. The number of benzene rings is 2. The summed E-state index contributed by atoms with van der Waals surface area (Å²) in [6.45, 7) is 1.35. The normalized spacial score (nSPS) is 16.1. The number of aromatic nitrogens is 1. The Hall–Kier alpha value is -3.32. The van der Waals surface area contributed by atoms with Crippen molar-refractivity contribution in [3.8, 4) is 0 Å². The average Bonchev–Trinajstić information content (AvgIpc) is 2.84. The maximum absolute atomic E-state index is 13.1. The van der Waals surface area contributed by atoms with Crippen LogP contribution < -0.4 is 0 Å². The molecule has 172 valence electrons. The molecule has 0 N–H and O–H groups in total. The predicted molar refractivity (Wildman–Crippen MR) is 124 cm³/mol. The highest BCUT2D eigenvalue weighted by atomic mass is 19.1. The number of halogens is 1. The maximum atomic E-state index is 13.1. The standard InChI is InChI=1S/C26H28FN3O3/c1-29(2)26(32)21-16-23(28-22-8-4-3-7-20(21)22)24-17-30(14-15-33-24)25(31)9-5-6-18-10-12-19(27)13-11-18/h3-4,7-8,10-13,16,24H,5-6,9,14-15,17H2,1-2H3/t24-/m0/s1. The van der Waals surface area contributed by atoms with Gasteiger partial charge in [-0.15, -0.1) is 0 Å². The lowest BCUT2D eigenvalue weighted by Gasteiger charge is -2.33. The van der Waals surface area contributed by atoms with Crippen LogP contribution in [0.25, 0.3) is 10.9 Å². The second kappa shape index (κ2) is 10.1. The van der Waals surface area contributed by atoms with Crippen molar-refractivity contribution in [2.24, 2.45) is 0 Å². The van der Waals surface area contributed by atoms with Crippen LogP contribution in [-0.4, -0.2) is 60.4 Å². The molecule has 6 nitrogen and oxygen atoms in total. The number of hydrogen-bond donors (Lipinski definition) is 0. The number of ether oxygens (including phenoxy) is 1. The molecule has 4 rings (SSSR count). The van der Waals surface area contributed by atoms with Crippen molar-refractivity contribution < 1.29 is 18.7 Å². The zero-order valence-electron chi connectivity index (χ0n) is 19.0. The lowest BCUT2D eigenvalue weighted by atomic mass is 10.0. The smallest absolute Gasteiger partial charge is 0.254 e. The third-order valence-corrected chi connectivity index (χ3v) is 5.89.